The Morgan fingerprint density at radius 3 is 2.88 bits per heavy atom. The number of hydrogen-bond donors (Lipinski definition) is 4. The van der Waals surface area contributed by atoms with E-state index in [9.17, 15) is 9.90 Å². The van der Waals surface area contributed by atoms with E-state index in [2.05, 4.69) is 28.2 Å². The SMILES string of the molecule is O=C(C=Cc1c(Cl)cc2c(c1Cl)CCC2N(CCO)CCc1c[nH]c2ccccc12)NO. The first-order valence-electron chi connectivity index (χ1n) is 10.6. The summed E-state index contributed by atoms with van der Waals surface area (Å²) in [5.74, 6) is -0.651. The molecule has 3 aromatic rings. The lowest BCUT2D eigenvalue weighted by Crippen LogP contribution is -2.32. The monoisotopic (exact) mass is 473 g/mol. The summed E-state index contributed by atoms with van der Waals surface area (Å²) in [5, 5.41) is 20.6. The predicted molar refractivity (Wildman–Crippen MR) is 127 cm³/mol. The van der Waals surface area contributed by atoms with E-state index >= 15 is 0 Å². The fourth-order valence-electron chi connectivity index (χ4n) is 4.57. The molecule has 1 aromatic heterocycles. The van der Waals surface area contributed by atoms with Gasteiger partial charge in [0.15, 0.2) is 0 Å². The van der Waals surface area contributed by atoms with Gasteiger partial charge in [-0.2, -0.15) is 0 Å². The number of nitrogens with one attached hydrogen (secondary N) is 2. The molecular weight excluding hydrogens is 449 g/mol. The summed E-state index contributed by atoms with van der Waals surface area (Å²) in [6, 6.07) is 10.3. The number of amides is 1. The normalized spacial score (nSPS) is 15.7. The third-order valence-corrected chi connectivity index (χ3v) is 6.84. The smallest absolute Gasteiger partial charge is 0.267 e. The maximum atomic E-state index is 11.3. The second-order valence-corrected chi connectivity index (χ2v) is 8.67. The van der Waals surface area contributed by atoms with Gasteiger partial charge in [-0.3, -0.25) is 14.9 Å². The summed E-state index contributed by atoms with van der Waals surface area (Å²) in [7, 11) is 0. The number of aliphatic hydroxyl groups excluding tert-OH is 1. The van der Waals surface area contributed by atoms with E-state index in [0.717, 1.165) is 42.5 Å². The van der Waals surface area contributed by atoms with Crippen molar-refractivity contribution >= 4 is 46.1 Å². The Kier molecular flexibility index (Phi) is 7.18. The van der Waals surface area contributed by atoms with Gasteiger partial charge in [-0.1, -0.05) is 41.4 Å². The maximum Gasteiger partial charge on any atom is 0.267 e. The van der Waals surface area contributed by atoms with Crippen LogP contribution in [0.25, 0.3) is 17.0 Å². The summed E-state index contributed by atoms with van der Waals surface area (Å²) in [4.78, 5) is 16.9. The number of carbonyl (C=O) groups excluding carboxylic acids is 1. The van der Waals surface area contributed by atoms with Crippen molar-refractivity contribution in [1.29, 1.82) is 0 Å². The van der Waals surface area contributed by atoms with Crippen molar-refractivity contribution < 1.29 is 15.1 Å². The Morgan fingerprint density at radius 1 is 1.28 bits per heavy atom. The van der Waals surface area contributed by atoms with Crippen molar-refractivity contribution in [2.45, 2.75) is 25.3 Å². The molecule has 1 unspecified atom stereocenters. The van der Waals surface area contributed by atoms with Crippen molar-refractivity contribution in [3.8, 4) is 0 Å². The van der Waals surface area contributed by atoms with Gasteiger partial charge in [-0.05, 0) is 54.2 Å². The van der Waals surface area contributed by atoms with Crippen LogP contribution in [0.1, 0.15) is 34.7 Å². The molecule has 8 heteroatoms. The summed E-state index contributed by atoms with van der Waals surface area (Å²) in [6.45, 7) is 1.42. The van der Waals surface area contributed by atoms with Crippen LogP contribution in [0.15, 0.2) is 42.6 Å². The zero-order chi connectivity index (χ0) is 22.7. The van der Waals surface area contributed by atoms with E-state index in [1.165, 1.54) is 23.1 Å². The fourth-order valence-corrected chi connectivity index (χ4v) is 5.26. The van der Waals surface area contributed by atoms with Gasteiger partial charge in [-0.15, -0.1) is 0 Å². The van der Waals surface area contributed by atoms with Crippen LogP contribution in [0.4, 0.5) is 0 Å². The highest BCUT2D eigenvalue weighted by molar-refractivity contribution is 6.38. The fraction of sp³-hybridized carbons (Fsp3) is 0.292. The Labute approximate surface area is 196 Å². The first kappa shape index (κ1) is 22.8. The Bertz CT molecular complexity index is 1160. The number of aliphatic hydroxyl groups is 1. The van der Waals surface area contributed by atoms with E-state index in [1.54, 1.807) is 5.48 Å². The highest BCUT2D eigenvalue weighted by Gasteiger charge is 2.31. The molecule has 4 rings (SSSR count). The lowest BCUT2D eigenvalue weighted by Gasteiger charge is -2.29. The van der Waals surface area contributed by atoms with E-state index in [4.69, 9.17) is 28.4 Å². The van der Waals surface area contributed by atoms with E-state index < -0.39 is 5.91 Å². The van der Waals surface area contributed by atoms with Crippen molar-refractivity contribution in [3.63, 3.8) is 0 Å². The average Bonchev–Trinajstić information content (AvgIpc) is 3.40. The van der Waals surface area contributed by atoms with Crippen LogP contribution in [0.3, 0.4) is 0 Å². The molecule has 0 spiro atoms. The molecule has 0 aliphatic heterocycles. The van der Waals surface area contributed by atoms with Crippen molar-refractivity contribution in [1.82, 2.24) is 15.4 Å². The number of H-pyrrole nitrogens is 1. The molecule has 168 valence electrons. The molecule has 0 radical (unpaired) electrons. The van der Waals surface area contributed by atoms with Crippen LogP contribution in [0, 0.1) is 0 Å². The topological polar surface area (TPSA) is 88.6 Å². The highest BCUT2D eigenvalue weighted by atomic mass is 35.5. The molecule has 2 aromatic carbocycles. The first-order chi connectivity index (χ1) is 15.5. The molecule has 1 heterocycles. The van der Waals surface area contributed by atoms with Crippen LogP contribution in [-0.4, -0.2) is 45.8 Å². The molecule has 0 fully saturated rings. The van der Waals surface area contributed by atoms with Gasteiger partial charge in [0, 0.05) is 52.9 Å². The molecule has 32 heavy (non-hydrogen) atoms. The van der Waals surface area contributed by atoms with E-state index in [-0.39, 0.29) is 12.6 Å². The Hall–Kier alpha value is -2.35. The van der Waals surface area contributed by atoms with Crippen LogP contribution >= 0.6 is 23.2 Å². The zero-order valence-electron chi connectivity index (χ0n) is 17.4. The third kappa shape index (κ3) is 4.56. The number of carbonyl (C=O) groups is 1. The van der Waals surface area contributed by atoms with Crippen LogP contribution < -0.4 is 5.48 Å². The van der Waals surface area contributed by atoms with Crippen LogP contribution in [0.5, 0.6) is 0 Å². The standard InChI is InChI=1S/C24H25Cl2N3O3/c25-20-13-19-17(24(26)18(20)6-8-23(31)28-32)5-7-22(19)29(11-12-30)10-9-15-14-27-21-4-2-1-3-16(15)21/h1-4,6,8,13-14,22,27,30,32H,5,7,9-12H2,(H,28,31). The Balaban J connectivity index is 1.57. The molecule has 1 aliphatic rings. The first-order valence-corrected chi connectivity index (χ1v) is 11.3. The molecule has 6 nitrogen and oxygen atoms in total. The highest BCUT2D eigenvalue weighted by Crippen LogP contribution is 2.43. The molecule has 4 N–H and O–H groups in total. The molecule has 1 aliphatic carbocycles. The minimum atomic E-state index is -0.651. The number of hydroxylamine groups is 1. The molecule has 1 amide bonds. The number of aromatic amines is 1. The lowest BCUT2D eigenvalue weighted by atomic mass is 10.0. The van der Waals surface area contributed by atoms with E-state index in [1.807, 2.05) is 18.2 Å². The third-order valence-electron chi connectivity index (χ3n) is 6.10. The van der Waals surface area contributed by atoms with Gasteiger partial charge >= 0.3 is 0 Å². The van der Waals surface area contributed by atoms with Crippen molar-refractivity contribution in [2.75, 3.05) is 19.7 Å². The number of halogens is 2. The molecule has 0 bridgehead atoms. The van der Waals surface area contributed by atoms with Crippen molar-refractivity contribution in [2.24, 2.45) is 0 Å². The number of aromatic nitrogens is 1. The van der Waals surface area contributed by atoms with Crippen molar-refractivity contribution in [3.05, 3.63) is 74.9 Å². The quantitative estimate of drug-likeness (QED) is 0.220. The number of para-hydroxylation sites is 1. The Morgan fingerprint density at radius 2 is 2.09 bits per heavy atom. The van der Waals surface area contributed by atoms with Gasteiger partial charge < -0.3 is 10.1 Å². The molecule has 0 saturated carbocycles. The van der Waals surface area contributed by atoms with Gasteiger partial charge in [0.2, 0.25) is 0 Å². The molecular formula is C24H25Cl2N3O3. The largest absolute Gasteiger partial charge is 0.395 e. The van der Waals surface area contributed by atoms with Crippen LogP contribution in [0.2, 0.25) is 10.0 Å². The number of hydrogen-bond acceptors (Lipinski definition) is 4. The molecule has 1 atom stereocenters. The average molecular weight is 474 g/mol. The van der Waals surface area contributed by atoms with E-state index in [0.29, 0.717) is 22.2 Å². The summed E-state index contributed by atoms with van der Waals surface area (Å²) >= 11 is 13.2. The predicted octanol–water partition coefficient (Wildman–Crippen LogP) is 4.52. The molecule has 0 saturated heterocycles. The lowest BCUT2D eigenvalue weighted by molar-refractivity contribution is -0.124. The minimum Gasteiger partial charge on any atom is -0.395 e. The summed E-state index contributed by atoms with van der Waals surface area (Å²) in [5.41, 5.74) is 6.57. The summed E-state index contributed by atoms with van der Waals surface area (Å²) in [6.07, 6.45) is 7.27. The number of fused-ring (bicyclic) bond motifs is 2. The second kappa shape index (κ2) is 10.1. The maximum absolute atomic E-state index is 11.3. The second-order valence-electron chi connectivity index (χ2n) is 7.89. The number of nitrogens with zero attached hydrogens (tertiary/aromatic N) is 1. The van der Waals surface area contributed by atoms with Gasteiger partial charge in [-0.25, -0.2) is 5.48 Å². The van der Waals surface area contributed by atoms with Gasteiger partial charge in [0.1, 0.15) is 0 Å². The number of benzene rings is 2. The number of rotatable bonds is 8. The van der Waals surface area contributed by atoms with Crippen LogP contribution in [-0.2, 0) is 17.6 Å². The minimum absolute atomic E-state index is 0.0677. The van der Waals surface area contributed by atoms with Gasteiger partial charge in [0.25, 0.3) is 5.91 Å². The van der Waals surface area contributed by atoms with Gasteiger partial charge in [0.05, 0.1) is 11.6 Å². The summed E-state index contributed by atoms with van der Waals surface area (Å²) < 4.78 is 0. The zero-order valence-corrected chi connectivity index (χ0v) is 19.0.